The first kappa shape index (κ1) is 12.6. The molecule has 0 bridgehead atoms. The van der Waals surface area contributed by atoms with E-state index in [4.69, 9.17) is 0 Å². The molecular formula is C6H5ClF6. The highest BCUT2D eigenvalue weighted by Crippen LogP contribution is 2.34. The molecule has 13 heavy (non-hydrogen) atoms. The fraction of sp³-hybridized carbons (Fsp3) is 0.667. The van der Waals surface area contributed by atoms with Crippen LogP contribution in [0, 0.1) is 0 Å². The molecule has 0 saturated carbocycles. The van der Waals surface area contributed by atoms with Crippen molar-refractivity contribution in [2.75, 3.05) is 6.67 Å². The van der Waals surface area contributed by atoms with Crippen LogP contribution in [0.4, 0.5) is 26.3 Å². The van der Waals surface area contributed by atoms with Gasteiger partial charge in [0.15, 0.2) is 11.2 Å². The Morgan fingerprint density at radius 2 is 1.69 bits per heavy atom. The van der Waals surface area contributed by atoms with Crippen LogP contribution in [0.5, 0.6) is 0 Å². The number of alkyl halides is 4. The molecule has 0 N–H and O–H groups in total. The average molecular weight is 227 g/mol. The van der Waals surface area contributed by atoms with Crippen molar-refractivity contribution in [3.05, 3.63) is 11.9 Å². The molecule has 0 fully saturated rings. The molecule has 1 unspecified atom stereocenters. The van der Waals surface area contributed by atoms with Crippen molar-refractivity contribution in [2.45, 2.75) is 17.7 Å². The summed E-state index contributed by atoms with van der Waals surface area (Å²) >= 11 is 4.67. The lowest BCUT2D eigenvalue weighted by molar-refractivity contribution is -0.0145. The Morgan fingerprint density at radius 1 is 1.23 bits per heavy atom. The predicted octanol–water partition coefficient (Wildman–Crippen LogP) is 3.67. The van der Waals surface area contributed by atoms with Gasteiger partial charge in [0.25, 0.3) is 5.92 Å². The summed E-state index contributed by atoms with van der Waals surface area (Å²) in [5, 5.41) is -2.81. The van der Waals surface area contributed by atoms with Gasteiger partial charge in [0.05, 0.1) is 6.67 Å². The molecule has 0 aromatic carbocycles. The quantitative estimate of drug-likeness (QED) is 0.507. The summed E-state index contributed by atoms with van der Waals surface area (Å²) < 4.78 is 71.4. The number of rotatable bonds is 4. The average Bonchev–Trinajstić information content (AvgIpc) is 2.01. The van der Waals surface area contributed by atoms with Crippen LogP contribution in [0.1, 0.15) is 6.42 Å². The van der Waals surface area contributed by atoms with E-state index in [1.54, 1.807) is 0 Å². The monoisotopic (exact) mass is 226 g/mol. The topological polar surface area (TPSA) is 0 Å². The predicted molar refractivity (Wildman–Crippen MR) is 35.5 cm³/mol. The summed E-state index contributed by atoms with van der Waals surface area (Å²) in [6, 6.07) is 0. The van der Waals surface area contributed by atoms with Crippen LogP contribution in [0.15, 0.2) is 11.9 Å². The number of allylic oxidation sites excluding steroid dienone is 1. The van der Waals surface area contributed by atoms with Crippen molar-refractivity contribution in [3.63, 3.8) is 0 Å². The third-order valence-corrected chi connectivity index (χ3v) is 1.71. The molecule has 78 valence electrons. The van der Waals surface area contributed by atoms with E-state index in [2.05, 4.69) is 11.6 Å². The first-order valence-electron chi connectivity index (χ1n) is 3.11. The van der Waals surface area contributed by atoms with E-state index in [0.717, 1.165) is 0 Å². The van der Waals surface area contributed by atoms with Gasteiger partial charge < -0.3 is 0 Å². The van der Waals surface area contributed by atoms with E-state index in [1.807, 2.05) is 0 Å². The molecule has 0 radical (unpaired) electrons. The van der Waals surface area contributed by atoms with Crippen molar-refractivity contribution in [2.24, 2.45) is 0 Å². The summed E-state index contributed by atoms with van der Waals surface area (Å²) in [4.78, 5) is 0. The number of hydrogen-bond donors (Lipinski definition) is 0. The van der Waals surface area contributed by atoms with Crippen LogP contribution in [0.25, 0.3) is 0 Å². The lowest BCUT2D eigenvalue weighted by Crippen LogP contribution is -2.30. The minimum absolute atomic E-state index is 1.39. The summed E-state index contributed by atoms with van der Waals surface area (Å²) in [5.41, 5.74) is 0. The highest BCUT2D eigenvalue weighted by Gasteiger charge is 2.42. The van der Waals surface area contributed by atoms with Crippen LogP contribution in [0.3, 0.4) is 0 Å². The van der Waals surface area contributed by atoms with E-state index < -0.39 is 36.3 Å². The van der Waals surface area contributed by atoms with E-state index in [1.165, 1.54) is 0 Å². The second-order valence-corrected chi connectivity index (χ2v) is 2.61. The van der Waals surface area contributed by atoms with E-state index in [-0.39, 0.29) is 0 Å². The SMILES string of the molecule is FCCC(F)(F)C(Cl)C(F)=C(F)F. The molecule has 0 heterocycles. The minimum Gasteiger partial charge on any atom is -0.251 e. The van der Waals surface area contributed by atoms with Gasteiger partial charge in [0, 0.05) is 6.42 Å². The normalized spacial score (nSPS) is 14.1. The maximum atomic E-state index is 12.4. The van der Waals surface area contributed by atoms with Crippen LogP contribution < -0.4 is 0 Å². The minimum atomic E-state index is -4.01. The van der Waals surface area contributed by atoms with Gasteiger partial charge in [0.2, 0.25) is 0 Å². The van der Waals surface area contributed by atoms with Gasteiger partial charge in [-0.3, -0.25) is 4.39 Å². The Morgan fingerprint density at radius 3 is 2.00 bits per heavy atom. The largest absolute Gasteiger partial charge is 0.303 e. The Labute approximate surface area is 75.2 Å². The van der Waals surface area contributed by atoms with E-state index in [0.29, 0.717) is 0 Å². The fourth-order valence-corrected chi connectivity index (χ4v) is 0.725. The van der Waals surface area contributed by atoms with E-state index in [9.17, 15) is 26.3 Å². The molecule has 0 aliphatic carbocycles. The third-order valence-electron chi connectivity index (χ3n) is 1.20. The molecule has 7 heteroatoms. The Kier molecular flexibility index (Phi) is 4.60. The summed E-state index contributed by atoms with van der Waals surface area (Å²) in [7, 11) is 0. The highest BCUT2D eigenvalue weighted by molar-refractivity contribution is 6.22. The lowest BCUT2D eigenvalue weighted by atomic mass is 10.1. The second kappa shape index (κ2) is 4.74. The standard InChI is InChI=1S/C6H5ClF6/c7-4(3(9)5(10)11)6(12,13)1-2-8/h4H,1-2H2. The van der Waals surface area contributed by atoms with Crippen molar-refractivity contribution in [1.82, 2.24) is 0 Å². The van der Waals surface area contributed by atoms with Gasteiger partial charge in [-0.2, -0.15) is 8.78 Å². The van der Waals surface area contributed by atoms with Crippen molar-refractivity contribution in [1.29, 1.82) is 0 Å². The summed E-state index contributed by atoms with van der Waals surface area (Å²) in [5.74, 6) is -6.43. The van der Waals surface area contributed by atoms with Crippen LogP contribution in [0.2, 0.25) is 0 Å². The zero-order chi connectivity index (χ0) is 10.6. The molecule has 0 aliphatic rings. The smallest absolute Gasteiger partial charge is 0.251 e. The molecule has 0 nitrogen and oxygen atoms in total. The van der Waals surface area contributed by atoms with Crippen molar-refractivity contribution >= 4 is 11.6 Å². The van der Waals surface area contributed by atoms with Crippen molar-refractivity contribution in [3.8, 4) is 0 Å². The van der Waals surface area contributed by atoms with Gasteiger partial charge in [0.1, 0.15) is 0 Å². The van der Waals surface area contributed by atoms with Crippen molar-refractivity contribution < 1.29 is 26.3 Å². The van der Waals surface area contributed by atoms with Gasteiger partial charge in [-0.05, 0) is 0 Å². The Hall–Kier alpha value is -0.390. The maximum Gasteiger partial charge on any atom is 0.303 e. The first-order valence-corrected chi connectivity index (χ1v) is 3.55. The first-order chi connectivity index (χ1) is 5.83. The molecule has 0 amide bonds. The molecule has 0 spiro atoms. The van der Waals surface area contributed by atoms with E-state index >= 15 is 0 Å². The second-order valence-electron chi connectivity index (χ2n) is 2.17. The van der Waals surface area contributed by atoms with Gasteiger partial charge in [-0.1, -0.05) is 0 Å². The molecular weight excluding hydrogens is 222 g/mol. The molecule has 0 aliphatic heterocycles. The molecule has 0 rings (SSSR count). The molecule has 0 saturated heterocycles. The summed E-state index contributed by atoms with van der Waals surface area (Å²) in [6.45, 7) is -1.46. The third kappa shape index (κ3) is 3.46. The molecule has 1 atom stereocenters. The zero-order valence-corrected chi connectivity index (χ0v) is 6.89. The Balaban J connectivity index is 4.58. The number of hydrogen-bond acceptors (Lipinski definition) is 0. The Bertz CT molecular complexity index is 197. The van der Waals surface area contributed by atoms with Gasteiger partial charge >= 0.3 is 6.08 Å². The maximum absolute atomic E-state index is 12.4. The van der Waals surface area contributed by atoms with Crippen LogP contribution >= 0.6 is 11.6 Å². The molecule has 0 aromatic rings. The van der Waals surface area contributed by atoms with Crippen LogP contribution in [-0.2, 0) is 0 Å². The number of halogens is 7. The molecule has 0 aromatic heterocycles. The zero-order valence-electron chi connectivity index (χ0n) is 6.14. The summed E-state index contributed by atoms with van der Waals surface area (Å²) in [6.07, 6.45) is -4.31. The fourth-order valence-electron chi connectivity index (χ4n) is 0.534. The van der Waals surface area contributed by atoms with Gasteiger partial charge in [-0.15, -0.1) is 11.6 Å². The van der Waals surface area contributed by atoms with Crippen LogP contribution in [-0.4, -0.2) is 18.0 Å². The highest BCUT2D eigenvalue weighted by atomic mass is 35.5. The lowest BCUT2D eigenvalue weighted by Gasteiger charge is -2.18. The van der Waals surface area contributed by atoms with Gasteiger partial charge in [-0.25, -0.2) is 13.2 Å².